The van der Waals surface area contributed by atoms with Gasteiger partial charge in [0.15, 0.2) is 5.96 Å². The predicted molar refractivity (Wildman–Crippen MR) is 119 cm³/mol. The fourth-order valence-electron chi connectivity index (χ4n) is 3.27. The minimum Gasteiger partial charge on any atom is -0.379 e. The van der Waals surface area contributed by atoms with E-state index in [0.717, 1.165) is 45.2 Å². The topological polar surface area (TPSA) is 64.1 Å². The Labute approximate surface area is 179 Å². The van der Waals surface area contributed by atoms with Gasteiger partial charge in [-0.15, -0.1) is 0 Å². The lowest BCUT2D eigenvalue weighted by Crippen LogP contribution is -2.37. The molecule has 6 nitrogen and oxygen atoms in total. The summed E-state index contributed by atoms with van der Waals surface area (Å²) in [7, 11) is 1.79. The number of rotatable bonds is 11. The third-order valence-electron chi connectivity index (χ3n) is 4.91. The summed E-state index contributed by atoms with van der Waals surface area (Å²) in [5.41, 5.74) is 3.55. The smallest absolute Gasteiger partial charge is 0.191 e. The quantitative estimate of drug-likeness (QED) is 0.338. The van der Waals surface area contributed by atoms with Gasteiger partial charge in [0.25, 0.3) is 0 Å². The fraction of sp³-hybridized carbons (Fsp3) is 0.458. The molecule has 2 aromatic carbocycles. The predicted octanol–water partition coefficient (Wildman–Crippen LogP) is 3.26. The maximum absolute atomic E-state index is 5.84. The molecule has 0 saturated carbocycles. The van der Waals surface area contributed by atoms with Crippen LogP contribution in [0.15, 0.2) is 59.6 Å². The van der Waals surface area contributed by atoms with Gasteiger partial charge in [-0.25, -0.2) is 0 Å². The fourth-order valence-corrected chi connectivity index (χ4v) is 3.27. The summed E-state index contributed by atoms with van der Waals surface area (Å²) >= 11 is 0. The molecular weight excluding hydrogens is 378 g/mol. The van der Waals surface area contributed by atoms with Crippen LogP contribution in [0.25, 0.3) is 0 Å². The second-order valence-electron chi connectivity index (χ2n) is 7.36. The number of hydrogen-bond acceptors (Lipinski definition) is 4. The lowest BCUT2D eigenvalue weighted by atomic mass is 10.1. The Bertz CT molecular complexity index is 761. The monoisotopic (exact) mass is 411 g/mol. The number of aliphatic imine (C=N–C) groups is 1. The average molecular weight is 412 g/mol. The Balaban J connectivity index is 1.32. The van der Waals surface area contributed by atoms with Crippen LogP contribution in [-0.2, 0) is 34.0 Å². The Morgan fingerprint density at radius 1 is 1.03 bits per heavy atom. The third-order valence-corrected chi connectivity index (χ3v) is 4.91. The molecule has 1 aliphatic rings. The summed E-state index contributed by atoms with van der Waals surface area (Å²) in [4.78, 5) is 4.29. The van der Waals surface area contributed by atoms with Gasteiger partial charge >= 0.3 is 0 Å². The molecule has 1 aliphatic heterocycles. The van der Waals surface area contributed by atoms with E-state index in [0.29, 0.717) is 19.8 Å². The molecule has 0 bridgehead atoms. The molecule has 2 N–H and O–H groups in total. The van der Waals surface area contributed by atoms with Gasteiger partial charge in [0.2, 0.25) is 0 Å². The molecule has 0 aromatic heterocycles. The van der Waals surface area contributed by atoms with Gasteiger partial charge < -0.3 is 24.8 Å². The molecule has 30 heavy (non-hydrogen) atoms. The minimum absolute atomic E-state index is 0.270. The molecule has 1 saturated heterocycles. The number of nitrogens with zero attached hydrogens (tertiary/aromatic N) is 1. The van der Waals surface area contributed by atoms with Crippen molar-refractivity contribution in [2.24, 2.45) is 4.99 Å². The number of guanidine groups is 1. The van der Waals surface area contributed by atoms with Crippen LogP contribution in [0.3, 0.4) is 0 Å². The molecule has 0 spiro atoms. The van der Waals surface area contributed by atoms with E-state index in [9.17, 15) is 0 Å². The molecule has 1 heterocycles. The van der Waals surface area contributed by atoms with Gasteiger partial charge in [0.1, 0.15) is 0 Å². The highest BCUT2D eigenvalue weighted by Gasteiger charge is 2.15. The summed E-state index contributed by atoms with van der Waals surface area (Å²) in [6.07, 6.45) is 2.21. The third kappa shape index (κ3) is 8.14. The van der Waals surface area contributed by atoms with Crippen molar-refractivity contribution in [3.8, 4) is 0 Å². The van der Waals surface area contributed by atoms with Crippen molar-refractivity contribution in [2.45, 2.75) is 38.7 Å². The lowest BCUT2D eigenvalue weighted by molar-refractivity contribution is 0.0420. The minimum atomic E-state index is 0.270. The molecule has 1 fully saturated rings. The van der Waals surface area contributed by atoms with E-state index in [1.54, 1.807) is 7.05 Å². The maximum Gasteiger partial charge on any atom is 0.191 e. The number of nitrogens with one attached hydrogen (secondary N) is 2. The van der Waals surface area contributed by atoms with Gasteiger partial charge in [-0.2, -0.15) is 0 Å². The second kappa shape index (κ2) is 13.0. The van der Waals surface area contributed by atoms with Crippen LogP contribution < -0.4 is 10.6 Å². The first-order valence-electron chi connectivity index (χ1n) is 10.7. The zero-order chi connectivity index (χ0) is 20.9. The normalized spacial score (nSPS) is 16.6. The van der Waals surface area contributed by atoms with Gasteiger partial charge in [0, 0.05) is 33.4 Å². The zero-order valence-corrected chi connectivity index (χ0v) is 17.8. The highest BCUT2D eigenvalue weighted by Crippen LogP contribution is 2.09. The molecule has 3 rings (SSSR count). The summed E-state index contributed by atoms with van der Waals surface area (Å²) in [6, 6.07) is 18.7. The van der Waals surface area contributed by atoms with E-state index in [1.165, 1.54) is 16.7 Å². The Morgan fingerprint density at radius 2 is 1.83 bits per heavy atom. The Morgan fingerprint density at radius 3 is 2.63 bits per heavy atom. The number of benzene rings is 2. The van der Waals surface area contributed by atoms with Crippen molar-refractivity contribution in [3.63, 3.8) is 0 Å². The SMILES string of the molecule is CN=C(NCCCOC1CCOC1)NCc1cccc(COCc2ccccc2)c1. The van der Waals surface area contributed by atoms with Crippen LogP contribution in [-0.4, -0.2) is 45.5 Å². The molecule has 162 valence electrons. The molecule has 0 radical (unpaired) electrons. The Kier molecular flexibility index (Phi) is 9.66. The van der Waals surface area contributed by atoms with Crippen LogP contribution in [0.5, 0.6) is 0 Å². The van der Waals surface area contributed by atoms with E-state index in [1.807, 2.05) is 18.2 Å². The largest absolute Gasteiger partial charge is 0.379 e. The zero-order valence-electron chi connectivity index (χ0n) is 17.8. The molecule has 6 heteroatoms. The van der Waals surface area contributed by atoms with Crippen molar-refractivity contribution < 1.29 is 14.2 Å². The summed E-state index contributed by atoms with van der Waals surface area (Å²) in [5, 5.41) is 6.70. The van der Waals surface area contributed by atoms with E-state index < -0.39 is 0 Å². The first-order chi connectivity index (χ1) is 14.8. The molecule has 2 aromatic rings. The first kappa shape index (κ1) is 22.3. The van der Waals surface area contributed by atoms with Gasteiger partial charge in [0.05, 0.1) is 25.9 Å². The van der Waals surface area contributed by atoms with Crippen molar-refractivity contribution in [1.82, 2.24) is 10.6 Å². The molecular formula is C24H33N3O3. The highest BCUT2D eigenvalue weighted by molar-refractivity contribution is 5.79. The first-order valence-corrected chi connectivity index (χ1v) is 10.7. The van der Waals surface area contributed by atoms with Crippen molar-refractivity contribution in [1.29, 1.82) is 0 Å². The molecule has 0 amide bonds. The van der Waals surface area contributed by atoms with E-state index in [4.69, 9.17) is 14.2 Å². The molecule has 0 aliphatic carbocycles. The van der Waals surface area contributed by atoms with Crippen molar-refractivity contribution >= 4 is 5.96 Å². The van der Waals surface area contributed by atoms with Crippen molar-refractivity contribution in [3.05, 3.63) is 71.3 Å². The Hall–Kier alpha value is -2.41. The van der Waals surface area contributed by atoms with Crippen LogP contribution in [0.1, 0.15) is 29.5 Å². The standard InChI is InChI=1S/C24H33N3O3/c1-25-24(26-12-6-13-30-23-11-14-28-19-23)27-16-21-9-5-10-22(15-21)18-29-17-20-7-3-2-4-8-20/h2-5,7-10,15,23H,6,11-14,16-19H2,1H3,(H2,25,26,27). The van der Waals surface area contributed by atoms with Crippen LogP contribution in [0, 0.1) is 0 Å². The van der Waals surface area contributed by atoms with Crippen molar-refractivity contribution in [2.75, 3.05) is 33.4 Å². The average Bonchev–Trinajstić information content (AvgIpc) is 3.30. The van der Waals surface area contributed by atoms with Crippen LogP contribution >= 0.6 is 0 Å². The number of ether oxygens (including phenoxy) is 3. The molecule has 1 atom stereocenters. The summed E-state index contributed by atoms with van der Waals surface area (Å²) in [5.74, 6) is 0.796. The second-order valence-corrected chi connectivity index (χ2v) is 7.36. The van der Waals surface area contributed by atoms with Crippen LogP contribution in [0.4, 0.5) is 0 Å². The molecule has 1 unspecified atom stereocenters. The van der Waals surface area contributed by atoms with Crippen LogP contribution in [0.2, 0.25) is 0 Å². The van der Waals surface area contributed by atoms with E-state index >= 15 is 0 Å². The van der Waals surface area contributed by atoms with E-state index in [-0.39, 0.29) is 6.10 Å². The number of hydrogen-bond donors (Lipinski definition) is 2. The van der Waals surface area contributed by atoms with Gasteiger partial charge in [-0.05, 0) is 29.5 Å². The van der Waals surface area contributed by atoms with E-state index in [2.05, 4.69) is 52.0 Å². The summed E-state index contributed by atoms with van der Waals surface area (Å²) in [6.45, 7) is 5.04. The van der Waals surface area contributed by atoms with Gasteiger partial charge in [-0.1, -0.05) is 54.6 Å². The summed E-state index contributed by atoms with van der Waals surface area (Å²) < 4.78 is 16.9. The van der Waals surface area contributed by atoms with Gasteiger partial charge in [-0.3, -0.25) is 4.99 Å². The highest BCUT2D eigenvalue weighted by atomic mass is 16.5. The maximum atomic E-state index is 5.84. The lowest BCUT2D eigenvalue weighted by Gasteiger charge is -2.14.